The van der Waals surface area contributed by atoms with Crippen LogP contribution in [0.15, 0.2) is 34.8 Å². The smallest absolute Gasteiger partial charge is 0.265 e. The van der Waals surface area contributed by atoms with E-state index in [4.69, 9.17) is 11.6 Å². The van der Waals surface area contributed by atoms with E-state index in [2.05, 4.69) is 21.2 Å². The molecule has 2 rings (SSSR count). The van der Waals surface area contributed by atoms with Crippen LogP contribution in [-0.2, 0) is 0 Å². The standard InChI is InChI=1S/C11H6BrClFNOS/c12-7-5-6(1-2-8(7)14)15-11(16)9-3-4-10(13)17-9/h1-5H,(H,15,16). The highest BCUT2D eigenvalue weighted by Gasteiger charge is 2.09. The minimum Gasteiger partial charge on any atom is -0.321 e. The second kappa shape index (κ2) is 5.16. The van der Waals surface area contributed by atoms with E-state index in [1.165, 1.54) is 29.5 Å². The van der Waals surface area contributed by atoms with Crippen molar-refractivity contribution in [2.24, 2.45) is 0 Å². The fourth-order valence-electron chi connectivity index (χ4n) is 1.20. The van der Waals surface area contributed by atoms with E-state index in [0.29, 0.717) is 19.4 Å². The van der Waals surface area contributed by atoms with Gasteiger partial charge in [0.1, 0.15) is 5.82 Å². The number of halogens is 3. The van der Waals surface area contributed by atoms with Crippen molar-refractivity contribution in [3.8, 4) is 0 Å². The summed E-state index contributed by atoms with van der Waals surface area (Å²) in [4.78, 5) is 12.3. The predicted molar refractivity (Wildman–Crippen MR) is 71.4 cm³/mol. The predicted octanol–water partition coefficient (Wildman–Crippen LogP) is 4.56. The summed E-state index contributed by atoms with van der Waals surface area (Å²) in [7, 11) is 0. The van der Waals surface area contributed by atoms with Crippen LogP contribution in [0.2, 0.25) is 4.34 Å². The lowest BCUT2D eigenvalue weighted by Crippen LogP contribution is -2.10. The second-order valence-electron chi connectivity index (χ2n) is 3.19. The summed E-state index contributed by atoms with van der Waals surface area (Å²) < 4.78 is 13.8. The number of carbonyl (C=O) groups excluding carboxylic acids is 1. The molecule has 1 N–H and O–H groups in total. The van der Waals surface area contributed by atoms with Gasteiger partial charge in [-0.1, -0.05) is 11.6 Å². The first-order chi connectivity index (χ1) is 8.06. The summed E-state index contributed by atoms with van der Waals surface area (Å²) in [5.74, 6) is -0.637. The Labute approximate surface area is 115 Å². The highest BCUT2D eigenvalue weighted by molar-refractivity contribution is 9.10. The summed E-state index contributed by atoms with van der Waals surface area (Å²) >= 11 is 9.98. The highest BCUT2D eigenvalue weighted by Crippen LogP contribution is 2.24. The Morgan fingerprint density at radius 3 is 2.71 bits per heavy atom. The molecule has 0 unspecified atom stereocenters. The van der Waals surface area contributed by atoms with Gasteiger partial charge in [0.2, 0.25) is 0 Å². The van der Waals surface area contributed by atoms with Gasteiger partial charge in [0, 0.05) is 5.69 Å². The van der Waals surface area contributed by atoms with Crippen molar-refractivity contribution >= 4 is 50.5 Å². The second-order valence-corrected chi connectivity index (χ2v) is 5.76. The van der Waals surface area contributed by atoms with E-state index in [1.54, 1.807) is 12.1 Å². The van der Waals surface area contributed by atoms with Gasteiger partial charge < -0.3 is 5.32 Å². The fourth-order valence-corrected chi connectivity index (χ4v) is 2.52. The Bertz CT molecular complexity index is 572. The zero-order chi connectivity index (χ0) is 12.4. The SMILES string of the molecule is O=C(Nc1ccc(F)c(Br)c1)c1ccc(Cl)s1. The number of benzene rings is 1. The quantitative estimate of drug-likeness (QED) is 0.857. The van der Waals surface area contributed by atoms with Crippen LogP contribution in [0.5, 0.6) is 0 Å². The van der Waals surface area contributed by atoms with Crippen LogP contribution >= 0.6 is 38.9 Å². The van der Waals surface area contributed by atoms with Crippen LogP contribution in [0, 0.1) is 5.82 Å². The van der Waals surface area contributed by atoms with Gasteiger partial charge in [0.05, 0.1) is 13.7 Å². The molecule has 0 fully saturated rings. The Morgan fingerprint density at radius 1 is 1.35 bits per heavy atom. The first kappa shape index (κ1) is 12.5. The normalized spacial score (nSPS) is 10.3. The van der Waals surface area contributed by atoms with Crippen molar-refractivity contribution in [2.45, 2.75) is 0 Å². The minimum atomic E-state index is -0.373. The number of rotatable bonds is 2. The third-order valence-corrected chi connectivity index (χ3v) is 3.81. The van der Waals surface area contributed by atoms with E-state index in [0.717, 1.165) is 0 Å². The maximum atomic E-state index is 13.0. The van der Waals surface area contributed by atoms with Gasteiger partial charge in [-0.15, -0.1) is 11.3 Å². The molecule has 1 aromatic heterocycles. The van der Waals surface area contributed by atoms with Gasteiger partial charge in [-0.25, -0.2) is 4.39 Å². The first-order valence-electron chi connectivity index (χ1n) is 4.58. The summed E-state index contributed by atoms with van der Waals surface area (Å²) in [6, 6.07) is 7.57. The molecule has 0 bridgehead atoms. The van der Waals surface area contributed by atoms with E-state index >= 15 is 0 Å². The number of anilines is 1. The highest BCUT2D eigenvalue weighted by atomic mass is 79.9. The number of carbonyl (C=O) groups is 1. The molecule has 0 atom stereocenters. The Kier molecular flexibility index (Phi) is 3.81. The number of amides is 1. The van der Waals surface area contributed by atoms with Gasteiger partial charge >= 0.3 is 0 Å². The summed E-state index contributed by atoms with van der Waals surface area (Å²) in [6.45, 7) is 0. The van der Waals surface area contributed by atoms with Gasteiger partial charge in [0.25, 0.3) is 5.91 Å². The van der Waals surface area contributed by atoms with E-state index in [9.17, 15) is 9.18 Å². The molecular weight excluding hydrogens is 329 g/mol. The van der Waals surface area contributed by atoms with Crippen molar-refractivity contribution in [1.82, 2.24) is 0 Å². The number of nitrogens with one attached hydrogen (secondary N) is 1. The van der Waals surface area contributed by atoms with Crippen LogP contribution in [0.25, 0.3) is 0 Å². The molecule has 0 aliphatic rings. The first-order valence-corrected chi connectivity index (χ1v) is 6.57. The maximum Gasteiger partial charge on any atom is 0.265 e. The van der Waals surface area contributed by atoms with Crippen LogP contribution in [0.3, 0.4) is 0 Å². The molecule has 6 heteroatoms. The lowest BCUT2D eigenvalue weighted by molar-refractivity contribution is 0.103. The molecule has 1 aromatic carbocycles. The molecule has 1 amide bonds. The minimum absolute atomic E-state index is 0.264. The van der Waals surface area contributed by atoms with Gasteiger partial charge in [-0.05, 0) is 46.3 Å². The van der Waals surface area contributed by atoms with Crippen LogP contribution in [0.1, 0.15) is 9.67 Å². The number of hydrogen-bond donors (Lipinski definition) is 1. The maximum absolute atomic E-state index is 13.0. The third kappa shape index (κ3) is 3.06. The lowest BCUT2D eigenvalue weighted by atomic mass is 10.3. The summed E-state index contributed by atoms with van der Waals surface area (Å²) in [5.41, 5.74) is 0.521. The van der Waals surface area contributed by atoms with E-state index in [1.807, 2.05) is 0 Å². The molecule has 2 nitrogen and oxygen atoms in total. The van der Waals surface area contributed by atoms with Crippen molar-refractivity contribution in [3.05, 3.63) is 49.8 Å². The van der Waals surface area contributed by atoms with Crippen molar-refractivity contribution in [3.63, 3.8) is 0 Å². The molecular formula is C11H6BrClFNOS. The molecule has 17 heavy (non-hydrogen) atoms. The van der Waals surface area contributed by atoms with Gasteiger partial charge in [0.15, 0.2) is 0 Å². The van der Waals surface area contributed by atoms with Crippen molar-refractivity contribution in [2.75, 3.05) is 5.32 Å². The molecule has 0 aliphatic carbocycles. The Balaban J connectivity index is 2.15. The molecule has 0 saturated heterocycles. The molecule has 2 aromatic rings. The van der Waals surface area contributed by atoms with Gasteiger partial charge in [-0.3, -0.25) is 4.79 Å². The van der Waals surface area contributed by atoms with Crippen LogP contribution in [0.4, 0.5) is 10.1 Å². The topological polar surface area (TPSA) is 29.1 Å². The summed E-state index contributed by atoms with van der Waals surface area (Å²) in [6.07, 6.45) is 0. The molecule has 1 heterocycles. The van der Waals surface area contributed by atoms with E-state index < -0.39 is 0 Å². The van der Waals surface area contributed by atoms with Gasteiger partial charge in [-0.2, -0.15) is 0 Å². The zero-order valence-electron chi connectivity index (χ0n) is 8.34. The lowest BCUT2D eigenvalue weighted by Gasteiger charge is -2.04. The molecule has 0 aliphatic heterocycles. The number of thiophene rings is 1. The molecule has 0 spiro atoms. The molecule has 0 saturated carbocycles. The summed E-state index contributed by atoms with van der Waals surface area (Å²) in [5, 5.41) is 2.66. The van der Waals surface area contributed by atoms with Crippen molar-refractivity contribution < 1.29 is 9.18 Å². The Hall–Kier alpha value is -0.910. The molecule has 88 valence electrons. The number of hydrogen-bond acceptors (Lipinski definition) is 2. The monoisotopic (exact) mass is 333 g/mol. The van der Waals surface area contributed by atoms with Crippen molar-refractivity contribution in [1.29, 1.82) is 0 Å². The zero-order valence-corrected chi connectivity index (χ0v) is 11.5. The average Bonchev–Trinajstić information content (AvgIpc) is 2.70. The van der Waals surface area contributed by atoms with Crippen LogP contribution in [-0.4, -0.2) is 5.91 Å². The third-order valence-electron chi connectivity index (χ3n) is 1.97. The Morgan fingerprint density at radius 2 is 2.12 bits per heavy atom. The largest absolute Gasteiger partial charge is 0.321 e. The van der Waals surface area contributed by atoms with Crippen LogP contribution < -0.4 is 5.32 Å². The fraction of sp³-hybridized carbons (Fsp3) is 0. The average molecular weight is 335 g/mol. The van der Waals surface area contributed by atoms with E-state index in [-0.39, 0.29) is 11.7 Å². The molecule has 0 radical (unpaired) electrons.